The molecule has 0 spiro atoms. The van der Waals surface area contributed by atoms with Gasteiger partial charge in [-0.15, -0.1) is 0 Å². The summed E-state index contributed by atoms with van der Waals surface area (Å²) in [6.07, 6.45) is 0. The minimum atomic E-state index is -4.14. The van der Waals surface area contributed by atoms with Crippen molar-refractivity contribution in [3.8, 4) is 0 Å². The van der Waals surface area contributed by atoms with E-state index in [-0.39, 0.29) is 16.3 Å². The zero-order valence-corrected chi connectivity index (χ0v) is 14.3. The first-order valence-electron chi connectivity index (χ1n) is 6.22. The Morgan fingerprint density at radius 3 is 2.26 bits per heavy atom. The zero-order valence-electron chi connectivity index (χ0n) is 11.9. The Labute approximate surface area is 139 Å². The predicted molar refractivity (Wildman–Crippen MR) is 89.2 cm³/mol. The van der Waals surface area contributed by atoms with Gasteiger partial charge in [-0.3, -0.25) is 4.72 Å². The average molecular weight is 376 g/mol. The highest BCUT2D eigenvalue weighted by molar-refractivity contribution is 7.93. The number of aryl methyl sites for hydroxylation is 1. The van der Waals surface area contributed by atoms with E-state index >= 15 is 0 Å². The lowest BCUT2D eigenvalue weighted by atomic mass is 10.2. The van der Waals surface area contributed by atoms with Gasteiger partial charge in [-0.2, -0.15) is 0 Å². The van der Waals surface area contributed by atoms with Crippen molar-refractivity contribution in [1.29, 1.82) is 0 Å². The number of hydrogen-bond acceptors (Lipinski definition) is 5. The predicted octanol–water partition coefficient (Wildman–Crippen LogP) is 1.68. The molecule has 0 saturated heterocycles. The van der Waals surface area contributed by atoms with Crippen molar-refractivity contribution in [1.82, 2.24) is 0 Å². The van der Waals surface area contributed by atoms with Crippen LogP contribution in [0.4, 0.5) is 11.4 Å². The van der Waals surface area contributed by atoms with E-state index in [1.165, 1.54) is 18.2 Å². The minimum Gasteiger partial charge on any atom is -0.398 e. The highest BCUT2D eigenvalue weighted by atomic mass is 35.5. The van der Waals surface area contributed by atoms with Crippen LogP contribution < -0.4 is 15.6 Å². The number of nitrogens with two attached hydrogens (primary N) is 2. The minimum absolute atomic E-state index is 0.134. The molecule has 0 atom stereocenters. The maximum Gasteiger partial charge on any atom is 0.261 e. The van der Waals surface area contributed by atoms with Gasteiger partial charge in [0.25, 0.3) is 10.0 Å². The number of hydrogen-bond donors (Lipinski definition) is 3. The number of benzene rings is 2. The van der Waals surface area contributed by atoms with Crippen LogP contribution in [0.1, 0.15) is 5.56 Å². The van der Waals surface area contributed by atoms with E-state index in [0.717, 1.165) is 17.7 Å². The van der Waals surface area contributed by atoms with Gasteiger partial charge in [0, 0.05) is 5.02 Å². The van der Waals surface area contributed by atoms with E-state index in [4.69, 9.17) is 22.5 Å². The summed E-state index contributed by atoms with van der Waals surface area (Å²) in [5.41, 5.74) is 6.42. The van der Waals surface area contributed by atoms with Gasteiger partial charge in [-0.05, 0) is 42.8 Å². The summed E-state index contributed by atoms with van der Waals surface area (Å²) >= 11 is 5.95. The normalized spacial score (nSPS) is 12.1. The maximum absolute atomic E-state index is 12.4. The zero-order chi connectivity index (χ0) is 17.4. The van der Waals surface area contributed by atoms with Crippen LogP contribution in [-0.4, -0.2) is 16.8 Å². The molecule has 0 fully saturated rings. The molecule has 0 aromatic heterocycles. The first kappa shape index (κ1) is 17.5. The Morgan fingerprint density at radius 2 is 1.70 bits per heavy atom. The third-order valence-electron chi connectivity index (χ3n) is 3.03. The Morgan fingerprint density at radius 1 is 1.04 bits per heavy atom. The lowest BCUT2D eigenvalue weighted by molar-refractivity contribution is 0.597. The summed E-state index contributed by atoms with van der Waals surface area (Å²) < 4.78 is 49.9. The Bertz CT molecular complexity index is 973. The molecule has 23 heavy (non-hydrogen) atoms. The van der Waals surface area contributed by atoms with Crippen molar-refractivity contribution in [3.05, 3.63) is 47.0 Å². The fourth-order valence-corrected chi connectivity index (χ4v) is 3.82. The van der Waals surface area contributed by atoms with Crippen molar-refractivity contribution in [2.75, 3.05) is 10.5 Å². The lowest BCUT2D eigenvalue weighted by Gasteiger charge is -2.11. The van der Waals surface area contributed by atoms with Crippen molar-refractivity contribution in [2.24, 2.45) is 5.14 Å². The fraction of sp³-hybridized carbons (Fsp3) is 0.0769. The molecule has 7 nitrogen and oxygen atoms in total. The molecular formula is C13H14ClN3O4S2. The fourth-order valence-electron chi connectivity index (χ4n) is 1.80. The van der Waals surface area contributed by atoms with Gasteiger partial charge < -0.3 is 5.73 Å². The number of primary sulfonamides is 1. The van der Waals surface area contributed by atoms with Gasteiger partial charge in [0.15, 0.2) is 0 Å². The van der Waals surface area contributed by atoms with E-state index in [0.29, 0.717) is 5.02 Å². The molecule has 0 radical (unpaired) electrons. The van der Waals surface area contributed by atoms with Gasteiger partial charge in [-0.1, -0.05) is 17.7 Å². The summed E-state index contributed by atoms with van der Waals surface area (Å²) in [6, 6.07) is 7.89. The molecule has 0 unspecified atom stereocenters. The maximum atomic E-state index is 12.4. The highest BCUT2D eigenvalue weighted by Crippen LogP contribution is 2.25. The molecule has 0 aliphatic carbocycles. The second-order valence-electron chi connectivity index (χ2n) is 4.81. The van der Waals surface area contributed by atoms with E-state index in [2.05, 4.69) is 4.72 Å². The molecule has 0 aliphatic rings. The summed E-state index contributed by atoms with van der Waals surface area (Å²) in [5, 5.41) is 5.41. The van der Waals surface area contributed by atoms with E-state index in [1.54, 1.807) is 13.0 Å². The second kappa shape index (κ2) is 6.00. The van der Waals surface area contributed by atoms with Gasteiger partial charge >= 0.3 is 0 Å². The molecule has 124 valence electrons. The molecule has 5 N–H and O–H groups in total. The Balaban J connectivity index is 2.46. The number of nitrogen functional groups attached to an aromatic ring is 1. The monoisotopic (exact) mass is 375 g/mol. The second-order valence-corrected chi connectivity index (χ2v) is 8.43. The van der Waals surface area contributed by atoms with Crippen LogP contribution in [0.5, 0.6) is 0 Å². The third-order valence-corrected chi connectivity index (χ3v) is 5.78. The van der Waals surface area contributed by atoms with Crippen molar-refractivity contribution in [3.63, 3.8) is 0 Å². The largest absolute Gasteiger partial charge is 0.398 e. The van der Waals surface area contributed by atoms with Gasteiger partial charge in [-0.25, -0.2) is 22.0 Å². The summed E-state index contributed by atoms with van der Waals surface area (Å²) in [4.78, 5) is -0.741. The molecule has 10 heteroatoms. The van der Waals surface area contributed by atoms with E-state index in [1.807, 2.05) is 0 Å². The first-order valence-corrected chi connectivity index (χ1v) is 9.63. The number of anilines is 2. The van der Waals surface area contributed by atoms with Crippen molar-refractivity contribution < 1.29 is 16.8 Å². The standard InChI is InChI=1S/C13H14ClN3O4S2/c1-8-2-3-9(6-11(8)14)17-23(20,21)10-4-5-12(15)13(7-10)22(16,18)19/h2-7,17H,15H2,1H3,(H2,16,18,19). The molecule has 0 amide bonds. The topological polar surface area (TPSA) is 132 Å². The van der Waals surface area contributed by atoms with Crippen molar-refractivity contribution >= 4 is 43.0 Å². The summed E-state index contributed by atoms with van der Waals surface area (Å²) in [7, 11) is -8.17. The summed E-state index contributed by atoms with van der Waals surface area (Å²) in [5.74, 6) is 0. The van der Waals surface area contributed by atoms with Crippen molar-refractivity contribution in [2.45, 2.75) is 16.7 Å². The Kier molecular flexibility index (Phi) is 4.58. The van der Waals surface area contributed by atoms with Crippen LogP contribution in [0.25, 0.3) is 0 Å². The van der Waals surface area contributed by atoms with Crippen LogP contribution in [0.2, 0.25) is 5.02 Å². The number of nitrogens with one attached hydrogen (secondary N) is 1. The molecule has 0 aliphatic heterocycles. The van der Waals surface area contributed by atoms with Gasteiger partial charge in [0.2, 0.25) is 10.0 Å². The molecule has 0 saturated carbocycles. The number of sulfonamides is 2. The summed E-state index contributed by atoms with van der Waals surface area (Å²) in [6.45, 7) is 1.78. The van der Waals surface area contributed by atoms with E-state index in [9.17, 15) is 16.8 Å². The van der Waals surface area contributed by atoms with Crippen LogP contribution in [0.3, 0.4) is 0 Å². The highest BCUT2D eigenvalue weighted by Gasteiger charge is 2.20. The first-order chi connectivity index (χ1) is 10.5. The molecule has 2 rings (SSSR count). The Hall–Kier alpha value is -1.81. The van der Waals surface area contributed by atoms with Gasteiger partial charge in [0.1, 0.15) is 4.90 Å². The molecule has 2 aromatic rings. The van der Waals surface area contributed by atoms with Crippen LogP contribution in [0.15, 0.2) is 46.2 Å². The van der Waals surface area contributed by atoms with Crippen LogP contribution in [-0.2, 0) is 20.0 Å². The molecular weight excluding hydrogens is 362 g/mol. The molecule has 2 aromatic carbocycles. The average Bonchev–Trinajstić information content (AvgIpc) is 2.41. The molecule has 0 heterocycles. The van der Waals surface area contributed by atoms with Gasteiger partial charge in [0.05, 0.1) is 16.3 Å². The number of halogens is 1. The smallest absolute Gasteiger partial charge is 0.261 e. The number of rotatable bonds is 4. The third kappa shape index (κ3) is 3.94. The van der Waals surface area contributed by atoms with Crippen LogP contribution in [0, 0.1) is 6.92 Å². The van der Waals surface area contributed by atoms with E-state index < -0.39 is 24.9 Å². The SMILES string of the molecule is Cc1ccc(NS(=O)(=O)c2ccc(N)c(S(N)(=O)=O)c2)cc1Cl. The quantitative estimate of drug-likeness (QED) is 0.699. The molecule has 0 bridgehead atoms. The lowest BCUT2D eigenvalue weighted by Crippen LogP contribution is -2.17. The van der Waals surface area contributed by atoms with Crippen LogP contribution >= 0.6 is 11.6 Å².